The summed E-state index contributed by atoms with van der Waals surface area (Å²) in [5.74, 6) is 1.56. The maximum absolute atomic E-state index is 5.95. The molecule has 0 bridgehead atoms. The second kappa shape index (κ2) is 5.47. The number of nitrogens with two attached hydrogens (primary N) is 1. The van der Waals surface area contributed by atoms with Gasteiger partial charge in [0.1, 0.15) is 6.23 Å². The molecule has 20 heavy (non-hydrogen) atoms. The summed E-state index contributed by atoms with van der Waals surface area (Å²) in [5.41, 5.74) is 7.23. The average molecular weight is 274 g/mol. The van der Waals surface area contributed by atoms with E-state index in [0.29, 0.717) is 0 Å². The molecular formula is C17H26N2O. The van der Waals surface area contributed by atoms with Crippen LogP contribution in [0.15, 0.2) is 30.3 Å². The fourth-order valence-corrected chi connectivity index (χ4v) is 4.21. The zero-order chi connectivity index (χ0) is 14.2. The normalized spacial score (nSPS) is 35.1. The molecule has 2 N–H and O–H groups in total. The largest absolute Gasteiger partial charge is 0.358 e. The van der Waals surface area contributed by atoms with Gasteiger partial charge in [0.2, 0.25) is 0 Å². The Kier molecular flexibility index (Phi) is 3.85. The molecule has 1 aromatic carbocycles. The Morgan fingerprint density at radius 2 is 1.85 bits per heavy atom. The predicted molar refractivity (Wildman–Crippen MR) is 81.1 cm³/mol. The molecule has 3 nitrogen and oxygen atoms in total. The lowest BCUT2D eigenvalue weighted by molar-refractivity contribution is -0.0740. The smallest absolute Gasteiger partial charge is 0.103 e. The Bertz CT molecular complexity index is 432. The van der Waals surface area contributed by atoms with Crippen LogP contribution in [0.5, 0.6) is 0 Å². The third kappa shape index (κ3) is 3.05. The fourth-order valence-electron chi connectivity index (χ4n) is 4.21. The number of likely N-dealkylation sites (tertiary alicyclic amines) is 1. The molecule has 0 aromatic heterocycles. The van der Waals surface area contributed by atoms with Crippen molar-refractivity contribution in [3.05, 3.63) is 35.9 Å². The van der Waals surface area contributed by atoms with Gasteiger partial charge in [0.15, 0.2) is 0 Å². The molecule has 1 aromatic rings. The Balaban J connectivity index is 1.56. The van der Waals surface area contributed by atoms with Crippen LogP contribution in [-0.2, 0) is 11.3 Å². The lowest BCUT2D eigenvalue weighted by Crippen LogP contribution is -2.36. The number of fused-ring (bicyclic) bond motifs is 1. The van der Waals surface area contributed by atoms with Gasteiger partial charge in [-0.1, -0.05) is 30.3 Å². The van der Waals surface area contributed by atoms with Gasteiger partial charge >= 0.3 is 0 Å². The molecule has 3 heteroatoms. The van der Waals surface area contributed by atoms with Gasteiger partial charge in [-0.25, -0.2) is 0 Å². The highest BCUT2D eigenvalue weighted by Gasteiger charge is 2.47. The molecule has 0 radical (unpaired) electrons. The van der Waals surface area contributed by atoms with Gasteiger partial charge in [-0.3, -0.25) is 4.90 Å². The molecule has 4 atom stereocenters. The molecule has 110 valence electrons. The molecule has 2 unspecified atom stereocenters. The Morgan fingerprint density at radius 3 is 2.40 bits per heavy atom. The quantitative estimate of drug-likeness (QED) is 0.858. The van der Waals surface area contributed by atoms with E-state index >= 15 is 0 Å². The van der Waals surface area contributed by atoms with E-state index < -0.39 is 0 Å². The molecule has 2 aliphatic rings. The van der Waals surface area contributed by atoms with Gasteiger partial charge in [0.25, 0.3) is 0 Å². The third-order valence-corrected chi connectivity index (χ3v) is 4.76. The SMILES string of the molecule is CC(N)OC1(C)C[C@H]2CN(Cc3ccccc3)C[C@H]2C1. The number of hydrogen-bond acceptors (Lipinski definition) is 3. The van der Waals surface area contributed by atoms with Crippen molar-refractivity contribution in [2.24, 2.45) is 17.6 Å². The van der Waals surface area contributed by atoms with Gasteiger partial charge in [0, 0.05) is 19.6 Å². The lowest BCUT2D eigenvalue weighted by Gasteiger charge is -2.29. The monoisotopic (exact) mass is 274 g/mol. The summed E-state index contributed by atoms with van der Waals surface area (Å²) < 4.78 is 5.95. The van der Waals surface area contributed by atoms with E-state index in [1.165, 1.54) is 18.7 Å². The molecule has 1 aliphatic carbocycles. The third-order valence-electron chi connectivity index (χ3n) is 4.76. The van der Waals surface area contributed by atoms with Crippen LogP contribution in [-0.4, -0.2) is 29.8 Å². The van der Waals surface area contributed by atoms with Crippen LogP contribution >= 0.6 is 0 Å². The highest BCUT2D eigenvalue weighted by molar-refractivity contribution is 5.15. The second-order valence-corrected chi connectivity index (χ2v) is 6.88. The van der Waals surface area contributed by atoms with Crippen molar-refractivity contribution in [1.29, 1.82) is 0 Å². The summed E-state index contributed by atoms with van der Waals surface area (Å²) in [6.45, 7) is 7.66. The molecule has 2 fully saturated rings. The maximum atomic E-state index is 5.95. The van der Waals surface area contributed by atoms with E-state index in [1.807, 2.05) is 6.92 Å². The van der Waals surface area contributed by atoms with Gasteiger partial charge in [-0.15, -0.1) is 0 Å². The van der Waals surface area contributed by atoms with Crippen molar-refractivity contribution in [2.45, 2.75) is 45.1 Å². The standard InChI is InChI=1S/C17H26N2O/c1-13(18)20-17(2)8-15-11-19(12-16(15)9-17)10-14-6-4-3-5-7-14/h3-7,13,15-16H,8-12,18H2,1-2H3/t13?,15-,16+,17?. The van der Waals surface area contributed by atoms with Crippen LogP contribution < -0.4 is 5.73 Å². The lowest BCUT2D eigenvalue weighted by atomic mass is 10.0. The first-order valence-electron chi connectivity index (χ1n) is 7.74. The average Bonchev–Trinajstić information content (AvgIpc) is 2.83. The van der Waals surface area contributed by atoms with E-state index in [9.17, 15) is 0 Å². The summed E-state index contributed by atoms with van der Waals surface area (Å²) in [5, 5.41) is 0. The number of nitrogens with zero attached hydrogens (tertiary/aromatic N) is 1. The molecule has 1 heterocycles. The topological polar surface area (TPSA) is 38.5 Å². The minimum absolute atomic E-state index is 0.00232. The van der Waals surface area contributed by atoms with Gasteiger partial charge in [-0.2, -0.15) is 0 Å². The van der Waals surface area contributed by atoms with Gasteiger partial charge in [-0.05, 0) is 44.1 Å². The molecule has 1 saturated carbocycles. The van der Waals surface area contributed by atoms with Crippen LogP contribution in [0.4, 0.5) is 0 Å². The van der Waals surface area contributed by atoms with Crippen molar-refractivity contribution in [3.8, 4) is 0 Å². The van der Waals surface area contributed by atoms with Crippen molar-refractivity contribution in [2.75, 3.05) is 13.1 Å². The van der Waals surface area contributed by atoms with Crippen LogP contribution in [0.3, 0.4) is 0 Å². The number of benzene rings is 1. The first-order valence-corrected chi connectivity index (χ1v) is 7.74. The first kappa shape index (κ1) is 14.1. The number of rotatable bonds is 4. The van der Waals surface area contributed by atoms with E-state index in [0.717, 1.165) is 31.2 Å². The zero-order valence-corrected chi connectivity index (χ0v) is 12.6. The summed E-state index contributed by atoms with van der Waals surface area (Å²) in [6.07, 6.45) is 2.16. The van der Waals surface area contributed by atoms with Crippen molar-refractivity contribution >= 4 is 0 Å². The first-order chi connectivity index (χ1) is 9.54. The highest BCUT2D eigenvalue weighted by atomic mass is 16.5. The van der Waals surface area contributed by atoms with Gasteiger partial charge < -0.3 is 10.5 Å². The van der Waals surface area contributed by atoms with E-state index in [4.69, 9.17) is 10.5 Å². The van der Waals surface area contributed by atoms with E-state index in [1.54, 1.807) is 0 Å². The molecule has 3 rings (SSSR count). The maximum Gasteiger partial charge on any atom is 0.103 e. The number of ether oxygens (including phenoxy) is 1. The molecule has 0 spiro atoms. The van der Waals surface area contributed by atoms with Crippen LogP contribution in [0.25, 0.3) is 0 Å². The van der Waals surface area contributed by atoms with E-state index in [2.05, 4.69) is 42.2 Å². The summed E-state index contributed by atoms with van der Waals surface area (Å²) >= 11 is 0. The summed E-state index contributed by atoms with van der Waals surface area (Å²) in [7, 11) is 0. The Hall–Kier alpha value is -0.900. The Labute approximate surface area is 122 Å². The molecule has 1 saturated heterocycles. The summed E-state index contributed by atoms with van der Waals surface area (Å²) in [6, 6.07) is 10.8. The highest BCUT2D eigenvalue weighted by Crippen LogP contribution is 2.46. The zero-order valence-electron chi connectivity index (χ0n) is 12.6. The fraction of sp³-hybridized carbons (Fsp3) is 0.647. The van der Waals surface area contributed by atoms with Crippen molar-refractivity contribution in [1.82, 2.24) is 4.90 Å². The number of hydrogen-bond donors (Lipinski definition) is 1. The molecule has 0 amide bonds. The predicted octanol–water partition coefficient (Wildman–Crippen LogP) is 2.61. The molecular weight excluding hydrogens is 248 g/mol. The van der Waals surface area contributed by atoms with Crippen LogP contribution in [0.2, 0.25) is 0 Å². The van der Waals surface area contributed by atoms with Crippen LogP contribution in [0, 0.1) is 11.8 Å². The van der Waals surface area contributed by atoms with Gasteiger partial charge in [0.05, 0.1) is 5.60 Å². The van der Waals surface area contributed by atoms with E-state index in [-0.39, 0.29) is 11.8 Å². The van der Waals surface area contributed by atoms with Crippen molar-refractivity contribution in [3.63, 3.8) is 0 Å². The Morgan fingerprint density at radius 1 is 1.25 bits per heavy atom. The minimum Gasteiger partial charge on any atom is -0.358 e. The van der Waals surface area contributed by atoms with Crippen molar-refractivity contribution < 1.29 is 4.74 Å². The van der Waals surface area contributed by atoms with Crippen LogP contribution in [0.1, 0.15) is 32.3 Å². The summed E-state index contributed by atoms with van der Waals surface area (Å²) in [4.78, 5) is 2.59. The minimum atomic E-state index is -0.153. The second-order valence-electron chi connectivity index (χ2n) is 6.88. The molecule has 1 aliphatic heterocycles.